The normalized spacial score (nSPS) is 18.3. The van der Waals surface area contributed by atoms with Gasteiger partial charge in [-0.05, 0) is 29.7 Å². The van der Waals surface area contributed by atoms with Crippen LogP contribution in [-0.2, 0) is 20.7 Å². The highest BCUT2D eigenvalue weighted by molar-refractivity contribution is 5.84. The van der Waals surface area contributed by atoms with Crippen LogP contribution in [0.15, 0.2) is 54.6 Å². The van der Waals surface area contributed by atoms with E-state index in [-0.39, 0.29) is 23.7 Å². The minimum Gasteiger partial charge on any atom is -0.497 e. The van der Waals surface area contributed by atoms with Crippen LogP contribution in [0.5, 0.6) is 5.75 Å². The molecule has 1 aliphatic heterocycles. The molecule has 1 heterocycles. The topological polar surface area (TPSA) is 67.9 Å². The third kappa shape index (κ3) is 5.60. The number of carbonyl (C=O) groups excluding carboxylic acids is 2. The van der Waals surface area contributed by atoms with Crippen molar-refractivity contribution < 1.29 is 19.1 Å². The number of benzene rings is 2. The van der Waals surface area contributed by atoms with E-state index in [0.717, 1.165) is 23.3 Å². The molecule has 1 N–H and O–H groups in total. The van der Waals surface area contributed by atoms with Gasteiger partial charge in [0.15, 0.2) is 0 Å². The van der Waals surface area contributed by atoms with Crippen molar-refractivity contribution in [2.45, 2.75) is 18.8 Å². The van der Waals surface area contributed by atoms with Gasteiger partial charge >= 0.3 is 0 Å². The number of rotatable bonds is 9. The third-order valence-corrected chi connectivity index (χ3v) is 5.58. The fraction of sp³-hybridized carbons (Fsp3) is 0.417. The Morgan fingerprint density at radius 2 is 1.77 bits per heavy atom. The molecule has 6 heteroatoms. The molecule has 1 aliphatic rings. The summed E-state index contributed by atoms with van der Waals surface area (Å²) in [6.07, 6.45) is 1.11. The van der Waals surface area contributed by atoms with Gasteiger partial charge in [0.2, 0.25) is 11.8 Å². The highest BCUT2D eigenvalue weighted by atomic mass is 16.5. The third-order valence-electron chi connectivity index (χ3n) is 5.58. The van der Waals surface area contributed by atoms with E-state index in [0.29, 0.717) is 32.7 Å². The SMILES string of the molecule is COCCCNC(=O)C1CN(C(=O)Cc2ccccc2)CC1c1ccc(OC)cc1. The highest BCUT2D eigenvalue weighted by Crippen LogP contribution is 2.34. The molecule has 0 saturated carbocycles. The Labute approximate surface area is 178 Å². The Bertz CT molecular complexity index is 823. The van der Waals surface area contributed by atoms with Gasteiger partial charge in [0.25, 0.3) is 0 Å². The van der Waals surface area contributed by atoms with E-state index in [1.54, 1.807) is 14.2 Å². The average molecular weight is 411 g/mol. The van der Waals surface area contributed by atoms with Crippen LogP contribution in [0.2, 0.25) is 0 Å². The van der Waals surface area contributed by atoms with E-state index >= 15 is 0 Å². The van der Waals surface area contributed by atoms with Crippen molar-refractivity contribution in [3.63, 3.8) is 0 Å². The first-order valence-electron chi connectivity index (χ1n) is 10.3. The summed E-state index contributed by atoms with van der Waals surface area (Å²) < 4.78 is 10.3. The number of hydrogen-bond donors (Lipinski definition) is 1. The maximum atomic E-state index is 12.9. The van der Waals surface area contributed by atoms with Crippen LogP contribution in [0.25, 0.3) is 0 Å². The minimum atomic E-state index is -0.277. The molecule has 6 nitrogen and oxygen atoms in total. The molecule has 3 rings (SSSR count). The molecule has 30 heavy (non-hydrogen) atoms. The zero-order chi connectivity index (χ0) is 21.3. The van der Waals surface area contributed by atoms with Crippen LogP contribution in [0.1, 0.15) is 23.5 Å². The molecule has 2 unspecified atom stereocenters. The van der Waals surface area contributed by atoms with Crippen LogP contribution in [-0.4, -0.2) is 57.2 Å². The second-order valence-electron chi connectivity index (χ2n) is 7.58. The van der Waals surface area contributed by atoms with Gasteiger partial charge in [-0.25, -0.2) is 0 Å². The van der Waals surface area contributed by atoms with Crippen molar-refractivity contribution >= 4 is 11.8 Å². The number of carbonyl (C=O) groups is 2. The van der Waals surface area contributed by atoms with E-state index in [2.05, 4.69) is 5.32 Å². The summed E-state index contributed by atoms with van der Waals surface area (Å²) in [6.45, 7) is 2.14. The molecule has 2 aromatic carbocycles. The largest absolute Gasteiger partial charge is 0.497 e. The minimum absolute atomic E-state index is 0.0121. The Balaban J connectivity index is 1.72. The Morgan fingerprint density at radius 3 is 2.43 bits per heavy atom. The summed E-state index contributed by atoms with van der Waals surface area (Å²) in [4.78, 5) is 27.7. The number of ether oxygens (including phenoxy) is 2. The summed E-state index contributed by atoms with van der Waals surface area (Å²) >= 11 is 0. The van der Waals surface area contributed by atoms with Crippen molar-refractivity contribution in [2.75, 3.05) is 40.5 Å². The Kier molecular flexibility index (Phi) is 7.85. The van der Waals surface area contributed by atoms with Crippen molar-refractivity contribution in [2.24, 2.45) is 5.92 Å². The van der Waals surface area contributed by atoms with Gasteiger partial charge in [-0.2, -0.15) is 0 Å². The quantitative estimate of drug-likeness (QED) is 0.646. The summed E-state index contributed by atoms with van der Waals surface area (Å²) in [5, 5.41) is 3.01. The van der Waals surface area contributed by atoms with Gasteiger partial charge in [0, 0.05) is 39.3 Å². The maximum absolute atomic E-state index is 12.9. The molecule has 2 aromatic rings. The molecule has 0 aromatic heterocycles. The summed E-state index contributed by atoms with van der Waals surface area (Å²) in [7, 11) is 3.28. The zero-order valence-electron chi connectivity index (χ0n) is 17.7. The number of nitrogens with one attached hydrogen (secondary N) is 1. The number of hydrogen-bond acceptors (Lipinski definition) is 4. The first-order valence-corrected chi connectivity index (χ1v) is 10.3. The lowest BCUT2D eigenvalue weighted by Gasteiger charge is -2.18. The second kappa shape index (κ2) is 10.8. The van der Waals surface area contributed by atoms with E-state index in [4.69, 9.17) is 9.47 Å². The fourth-order valence-electron chi connectivity index (χ4n) is 3.90. The van der Waals surface area contributed by atoms with E-state index < -0.39 is 0 Å². The van der Waals surface area contributed by atoms with Gasteiger partial charge < -0.3 is 19.7 Å². The van der Waals surface area contributed by atoms with Gasteiger partial charge in [0.1, 0.15) is 5.75 Å². The van der Waals surface area contributed by atoms with E-state index in [1.807, 2.05) is 59.5 Å². The Morgan fingerprint density at radius 1 is 1.03 bits per heavy atom. The first kappa shape index (κ1) is 21.8. The predicted molar refractivity (Wildman–Crippen MR) is 115 cm³/mol. The fourth-order valence-corrected chi connectivity index (χ4v) is 3.90. The first-order chi connectivity index (χ1) is 14.6. The van der Waals surface area contributed by atoms with Crippen LogP contribution < -0.4 is 10.1 Å². The van der Waals surface area contributed by atoms with Crippen molar-refractivity contribution in [3.8, 4) is 5.75 Å². The zero-order valence-corrected chi connectivity index (χ0v) is 17.7. The maximum Gasteiger partial charge on any atom is 0.227 e. The molecular weight excluding hydrogens is 380 g/mol. The number of likely N-dealkylation sites (tertiary alicyclic amines) is 1. The standard InChI is InChI=1S/C24H30N2O4/c1-29-14-6-13-25-24(28)22-17-26(23(27)15-18-7-4-3-5-8-18)16-21(22)19-9-11-20(30-2)12-10-19/h3-5,7-12,21-22H,6,13-17H2,1-2H3,(H,25,28). The van der Waals surface area contributed by atoms with E-state index in [1.165, 1.54) is 0 Å². The Hall–Kier alpha value is -2.86. The molecular formula is C24H30N2O4. The van der Waals surface area contributed by atoms with Gasteiger partial charge in [-0.15, -0.1) is 0 Å². The molecule has 1 fully saturated rings. The molecule has 0 aliphatic carbocycles. The predicted octanol–water partition coefficient (Wildman–Crippen LogP) is 2.63. The second-order valence-corrected chi connectivity index (χ2v) is 7.58. The molecule has 2 atom stereocenters. The number of nitrogens with zero attached hydrogens (tertiary/aromatic N) is 1. The lowest BCUT2D eigenvalue weighted by Crippen LogP contribution is -2.36. The molecule has 0 spiro atoms. The molecule has 160 valence electrons. The molecule has 0 bridgehead atoms. The van der Waals surface area contributed by atoms with Crippen LogP contribution in [0.3, 0.4) is 0 Å². The van der Waals surface area contributed by atoms with Crippen LogP contribution >= 0.6 is 0 Å². The van der Waals surface area contributed by atoms with Gasteiger partial charge in [-0.1, -0.05) is 42.5 Å². The summed E-state index contributed by atoms with van der Waals surface area (Å²) in [5.74, 6) is 0.490. The van der Waals surface area contributed by atoms with Crippen LogP contribution in [0, 0.1) is 5.92 Å². The monoisotopic (exact) mass is 410 g/mol. The molecule has 2 amide bonds. The summed E-state index contributed by atoms with van der Waals surface area (Å²) in [5.41, 5.74) is 2.03. The lowest BCUT2D eigenvalue weighted by atomic mass is 9.88. The van der Waals surface area contributed by atoms with Gasteiger partial charge in [0.05, 0.1) is 19.4 Å². The lowest BCUT2D eigenvalue weighted by molar-refractivity contribution is -0.130. The summed E-state index contributed by atoms with van der Waals surface area (Å²) in [6, 6.07) is 17.5. The van der Waals surface area contributed by atoms with Crippen LogP contribution in [0.4, 0.5) is 0 Å². The van der Waals surface area contributed by atoms with E-state index in [9.17, 15) is 9.59 Å². The molecule has 1 saturated heterocycles. The van der Waals surface area contributed by atoms with Crippen molar-refractivity contribution in [1.82, 2.24) is 10.2 Å². The average Bonchev–Trinajstić information content (AvgIpc) is 3.23. The number of amides is 2. The smallest absolute Gasteiger partial charge is 0.227 e. The van der Waals surface area contributed by atoms with Gasteiger partial charge in [-0.3, -0.25) is 9.59 Å². The highest BCUT2D eigenvalue weighted by Gasteiger charge is 2.40. The molecule has 0 radical (unpaired) electrons. The number of methoxy groups -OCH3 is 2. The van der Waals surface area contributed by atoms with Crippen molar-refractivity contribution in [3.05, 3.63) is 65.7 Å². The van der Waals surface area contributed by atoms with Crippen molar-refractivity contribution in [1.29, 1.82) is 0 Å².